The Labute approximate surface area is 108 Å². The van der Waals surface area contributed by atoms with Gasteiger partial charge in [-0.2, -0.15) is 5.10 Å². The van der Waals surface area contributed by atoms with Crippen LogP contribution in [0.3, 0.4) is 0 Å². The standard InChI is InChI=1S/C10H14N4O3S/c1-5-6(2)13-14-10(11-5)18-4-8(9(16)17)12-7(3)15/h8H,4H2,1-3H3,(H,12,15)(H,16,17)/t8-/m0/s1. The molecule has 0 saturated heterocycles. The summed E-state index contributed by atoms with van der Waals surface area (Å²) in [7, 11) is 0. The molecule has 0 aliphatic rings. The molecule has 98 valence electrons. The van der Waals surface area contributed by atoms with Crippen LogP contribution in [0.4, 0.5) is 0 Å². The van der Waals surface area contributed by atoms with E-state index >= 15 is 0 Å². The van der Waals surface area contributed by atoms with Crippen LogP contribution >= 0.6 is 11.8 Å². The van der Waals surface area contributed by atoms with E-state index in [2.05, 4.69) is 20.5 Å². The van der Waals surface area contributed by atoms with Gasteiger partial charge in [-0.15, -0.1) is 5.10 Å². The van der Waals surface area contributed by atoms with Crippen molar-refractivity contribution < 1.29 is 14.7 Å². The van der Waals surface area contributed by atoms with Gasteiger partial charge in [-0.3, -0.25) is 4.79 Å². The van der Waals surface area contributed by atoms with Gasteiger partial charge in [-0.25, -0.2) is 9.78 Å². The van der Waals surface area contributed by atoms with Crippen LogP contribution in [0.25, 0.3) is 0 Å². The first-order valence-corrected chi connectivity index (χ1v) is 6.19. The second kappa shape index (κ2) is 6.29. The number of carbonyl (C=O) groups is 2. The summed E-state index contributed by atoms with van der Waals surface area (Å²) in [6.45, 7) is 4.87. The number of thioether (sulfide) groups is 1. The van der Waals surface area contributed by atoms with Crippen molar-refractivity contribution in [3.63, 3.8) is 0 Å². The molecule has 0 saturated carbocycles. The maximum atomic E-state index is 10.9. The molecule has 1 heterocycles. The van der Waals surface area contributed by atoms with Gasteiger partial charge in [0.1, 0.15) is 6.04 Å². The van der Waals surface area contributed by atoms with Crippen LogP contribution in [-0.4, -0.2) is 44.0 Å². The Morgan fingerprint density at radius 1 is 1.33 bits per heavy atom. The highest BCUT2D eigenvalue weighted by molar-refractivity contribution is 7.99. The van der Waals surface area contributed by atoms with E-state index in [1.807, 2.05) is 0 Å². The average molecular weight is 270 g/mol. The van der Waals surface area contributed by atoms with Gasteiger partial charge in [0.25, 0.3) is 0 Å². The minimum atomic E-state index is -1.09. The molecule has 7 nitrogen and oxygen atoms in total. The second-order valence-corrected chi connectivity index (χ2v) is 4.65. The molecular weight excluding hydrogens is 256 g/mol. The van der Waals surface area contributed by atoms with Crippen molar-refractivity contribution in [2.24, 2.45) is 0 Å². The lowest BCUT2D eigenvalue weighted by molar-refractivity contribution is -0.140. The third-order valence-electron chi connectivity index (χ3n) is 2.13. The zero-order chi connectivity index (χ0) is 13.7. The van der Waals surface area contributed by atoms with Crippen LogP contribution < -0.4 is 5.32 Å². The number of aryl methyl sites for hydroxylation is 2. The number of nitrogens with zero attached hydrogens (tertiary/aromatic N) is 3. The van der Waals surface area contributed by atoms with Crippen LogP contribution in [0.15, 0.2) is 5.16 Å². The van der Waals surface area contributed by atoms with Crippen LogP contribution in [0.5, 0.6) is 0 Å². The molecule has 1 amide bonds. The van der Waals surface area contributed by atoms with Gasteiger partial charge in [0.15, 0.2) is 0 Å². The summed E-state index contributed by atoms with van der Waals surface area (Å²) < 4.78 is 0. The van der Waals surface area contributed by atoms with Crippen molar-refractivity contribution in [2.45, 2.75) is 32.0 Å². The Morgan fingerprint density at radius 2 is 2.00 bits per heavy atom. The minimum Gasteiger partial charge on any atom is -0.480 e. The number of aromatic nitrogens is 3. The number of carboxylic acid groups (broad SMARTS) is 1. The molecule has 0 radical (unpaired) electrons. The maximum absolute atomic E-state index is 10.9. The van der Waals surface area contributed by atoms with Crippen molar-refractivity contribution in [3.8, 4) is 0 Å². The first-order valence-electron chi connectivity index (χ1n) is 5.20. The average Bonchev–Trinajstić information content (AvgIpc) is 2.28. The summed E-state index contributed by atoms with van der Waals surface area (Å²) in [5.74, 6) is -1.32. The molecule has 0 aliphatic heterocycles. The topological polar surface area (TPSA) is 105 Å². The van der Waals surface area contributed by atoms with Crippen molar-refractivity contribution in [1.29, 1.82) is 0 Å². The molecule has 0 bridgehead atoms. The minimum absolute atomic E-state index is 0.152. The van der Waals surface area contributed by atoms with Gasteiger partial charge in [0.2, 0.25) is 11.1 Å². The van der Waals surface area contributed by atoms with Gasteiger partial charge in [0, 0.05) is 12.7 Å². The Hall–Kier alpha value is -1.70. The molecule has 2 N–H and O–H groups in total. The summed E-state index contributed by atoms with van der Waals surface area (Å²) in [6.07, 6.45) is 0. The highest BCUT2D eigenvalue weighted by Gasteiger charge is 2.19. The van der Waals surface area contributed by atoms with E-state index in [4.69, 9.17) is 5.11 Å². The van der Waals surface area contributed by atoms with Gasteiger partial charge < -0.3 is 10.4 Å². The molecule has 1 aromatic rings. The third-order valence-corrected chi connectivity index (χ3v) is 3.06. The molecule has 0 aliphatic carbocycles. The van der Waals surface area contributed by atoms with Gasteiger partial charge >= 0.3 is 5.97 Å². The third kappa shape index (κ3) is 4.28. The van der Waals surface area contributed by atoms with E-state index in [9.17, 15) is 9.59 Å². The smallest absolute Gasteiger partial charge is 0.327 e. The zero-order valence-corrected chi connectivity index (χ0v) is 11.1. The highest BCUT2D eigenvalue weighted by atomic mass is 32.2. The summed E-state index contributed by atoms with van der Waals surface area (Å²) >= 11 is 1.14. The number of hydrogen-bond acceptors (Lipinski definition) is 6. The van der Waals surface area contributed by atoms with Gasteiger partial charge in [-0.05, 0) is 13.8 Å². The normalized spacial score (nSPS) is 11.9. The Bertz CT molecular complexity index is 466. The van der Waals surface area contributed by atoms with E-state index in [0.717, 1.165) is 23.1 Å². The number of hydrogen-bond donors (Lipinski definition) is 2. The first-order chi connectivity index (χ1) is 8.40. The lowest BCUT2D eigenvalue weighted by Gasteiger charge is -2.11. The van der Waals surface area contributed by atoms with E-state index in [0.29, 0.717) is 5.16 Å². The SMILES string of the molecule is CC(=O)N[C@@H](CSc1nnc(C)c(C)n1)C(=O)O. The number of amides is 1. The van der Waals surface area contributed by atoms with Crippen LogP contribution in [0.1, 0.15) is 18.3 Å². The number of nitrogens with one attached hydrogen (secondary N) is 1. The molecule has 1 rings (SSSR count). The molecular formula is C10H14N4O3S. The molecule has 1 aromatic heterocycles. The lowest BCUT2D eigenvalue weighted by Crippen LogP contribution is -2.41. The Balaban J connectivity index is 2.64. The molecule has 8 heteroatoms. The van der Waals surface area contributed by atoms with Gasteiger partial charge in [0.05, 0.1) is 11.4 Å². The second-order valence-electron chi connectivity index (χ2n) is 3.67. The van der Waals surface area contributed by atoms with E-state index in [1.165, 1.54) is 6.92 Å². The molecule has 0 aromatic carbocycles. The fraction of sp³-hybridized carbons (Fsp3) is 0.500. The van der Waals surface area contributed by atoms with Crippen molar-refractivity contribution >= 4 is 23.6 Å². The predicted molar refractivity (Wildman–Crippen MR) is 65.3 cm³/mol. The monoisotopic (exact) mass is 270 g/mol. The lowest BCUT2D eigenvalue weighted by atomic mass is 10.3. The fourth-order valence-corrected chi connectivity index (χ4v) is 1.92. The van der Waals surface area contributed by atoms with E-state index in [-0.39, 0.29) is 11.7 Å². The number of carbonyl (C=O) groups excluding carboxylic acids is 1. The molecule has 0 spiro atoms. The largest absolute Gasteiger partial charge is 0.480 e. The number of rotatable bonds is 5. The first kappa shape index (κ1) is 14.4. The Morgan fingerprint density at radius 3 is 2.50 bits per heavy atom. The van der Waals surface area contributed by atoms with Crippen molar-refractivity contribution in [3.05, 3.63) is 11.4 Å². The summed E-state index contributed by atoms with van der Waals surface area (Å²) in [5.41, 5.74) is 1.48. The Kier molecular flexibility index (Phi) is 5.02. The fourth-order valence-electron chi connectivity index (χ4n) is 1.08. The zero-order valence-electron chi connectivity index (χ0n) is 10.3. The van der Waals surface area contributed by atoms with E-state index in [1.54, 1.807) is 13.8 Å². The maximum Gasteiger partial charge on any atom is 0.327 e. The summed E-state index contributed by atoms with van der Waals surface area (Å²) in [4.78, 5) is 25.9. The van der Waals surface area contributed by atoms with Crippen molar-refractivity contribution in [1.82, 2.24) is 20.5 Å². The van der Waals surface area contributed by atoms with E-state index < -0.39 is 12.0 Å². The summed E-state index contributed by atoms with van der Waals surface area (Å²) in [6, 6.07) is -0.960. The van der Waals surface area contributed by atoms with Crippen LogP contribution in [0.2, 0.25) is 0 Å². The highest BCUT2D eigenvalue weighted by Crippen LogP contribution is 2.14. The molecule has 0 unspecified atom stereocenters. The summed E-state index contributed by atoms with van der Waals surface area (Å²) in [5, 5.41) is 19.4. The van der Waals surface area contributed by atoms with Crippen molar-refractivity contribution in [2.75, 3.05) is 5.75 Å². The number of carboxylic acids is 1. The predicted octanol–water partition coefficient (Wildman–Crippen LogP) is 0.170. The molecule has 18 heavy (non-hydrogen) atoms. The van der Waals surface area contributed by atoms with Gasteiger partial charge in [-0.1, -0.05) is 11.8 Å². The van der Waals surface area contributed by atoms with Crippen LogP contribution in [-0.2, 0) is 9.59 Å². The number of aliphatic carboxylic acids is 1. The molecule has 0 fully saturated rings. The van der Waals surface area contributed by atoms with Crippen LogP contribution in [0, 0.1) is 13.8 Å². The quantitative estimate of drug-likeness (QED) is 0.735. The molecule has 1 atom stereocenters.